The zero-order valence-corrected chi connectivity index (χ0v) is 23.6. The Morgan fingerprint density at radius 3 is 2.29 bits per heavy atom. The molecule has 0 aliphatic carbocycles. The third kappa shape index (κ3) is 9.24. The van der Waals surface area contributed by atoms with Crippen LogP contribution < -0.4 is 18.7 Å². The molecule has 0 spiro atoms. The number of hydrogen-bond acceptors (Lipinski definition) is 10. The summed E-state index contributed by atoms with van der Waals surface area (Å²) in [4.78, 5) is 15.5. The number of benzene rings is 2. The molecule has 1 unspecified atom stereocenters. The van der Waals surface area contributed by atoms with Crippen molar-refractivity contribution in [3.05, 3.63) is 68.7 Å². The van der Waals surface area contributed by atoms with Crippen molar-refractivity contribution >= 4 is 39.0 Å². The normalized spacial score (nSPS) is 12.4. The van der Waals surface area contributed by atoms with Gasteiger partial charge in [-0.1, -0.05) is 10.2 Å². The van der Waals surface area contributed by atoms with E-state index in [4.69, 9.17) is 30.3 Å². The summed E-state index contributed by atoms with van der Waals surface area (Å²) in [7, 11) is -8.88. The van der Waals surface area contributed by atoms with Gasteiger partial charge in [0.25, 0.3) is 10.0 Å². The predicted octanol–water partition coefficient (Wildman–Crippen LogP) is 5.57. The molecule has 0 aliphatic heterocycles. The topological polar surface area (TPSA) is 232 Å². The summed E-state index contributed by atoms with van der Waals surface area (Å²) in [5, 5.41) is 16.1. The maximum absolute atomic E-state index is 13.8. The van der Waals surface area contributed by atoms with E-state index in [1.54, 1.807) is 18.2 Å². The average molecular weight is 625 g/mol. The molecule has 3 aromatic rings. The van der Waals surface area contributed by atoms with Crippen molar-refractivity contribution in [3.8, 4) is 23.3 Å². The van der Waals surface area contributed by atoms with Crippen LogP contribution in [0.3, 0.4) is 0 Å². The summed E-state index contributed by atoms with van der Waals surface area (Å²) in [6, 6.07) is 9.01. The van der Waals surface area contributed by atoms with Gasteiger partial charge >= 0.3 is 7.60 Å². The molecular formula is C22H22FN8O7PS2. The number of azide groups is 2. The molecule has 15 nitrogen and oxygen atoms in total. The number of ether oxygens (including phenoxy) is 2. The van der Waals surface area contributed by atoms with E-state index < -0.39 is 29.7 Å². The molecule has 1 heterocycles. The summed E-state index contributed by atoms with van der Waals surface area (Å²) < 4.78 is 70.8. The van der Waals surface area contributed by atoms with E-state index in [1.165, 1.54) is 6.07 Å². The van der Waals surface area contributed by atoms with E-state index in [9.17, 15) is 22.3 Å². The van der Waals surface area contributed by atoms with Gasteiger partial charge in [0.15, 0.2) is 11.5 Å². The first-order valence-corrected chi connectivity index (χ1v) is 15.7. The van der Waals surface area contributed by atoms with E-state index >= 15 is 0 Å². The monoisotopic (exact) mass is 624 g/mol. The molecule has 0 saturated heterocycles. The Morgan fingerprint density at radius 1 is 1.07 bits per heavy atom. The van der Waals surface area contributed by atoms with Crippen molar-refractivity contribution in [2.45, 2.75) is 17.1 Å². The van der Waals surface area contributed by atoms with Crippen LogP contribution in [0.2, 0.25) is 0 Å². The molecule has 19 heteroatoms. The Kier molecular flexibility index (Phi) is 11.2. The summed E-state index contributed by atoms with van der Waals surface area (Å²) >= 11 is 0.870. The first-order valence-electron chi connectivity index (χ1n) is 11.6. The number of halogens is 1. The van der Waals surface area contributed by atoms with Crippen molar-refractivity contribution in [3.63, 3.8) is 0 Å². The van der Waals surface area contributed by atoms with E-state index in [2.05, 4.69) is 20.1 Å². The van der Waals surface area contributed by atoms with Crippen molar-refractivity contribution in [1.82, 2.24) is 4.72 Å². The fraction of sp³-hybridized carbons (Fsp3) is 0.318. The lowest BCUT2D eigenvalue weighted by molar-refractivity contribution is 0.266. The lowest BCUT2D eigenvalue weighted by Crippen LogP contribution is -2.25. The second-order valence-electron chi connectivity index (χ2n) is 8.00. The highest BCUT2D eigenvalue weighted by atomic mass is 32.2. The predicted molar refractivity (Wildman–Crippen MR) is 147 cm³/mol. The van der Waals surface area contributed by atoms with Crippen LogP contribution in [-0.2, 0) is 14.6 Å². The van der Waals surface area contributed by atoms with Gasteiger partial charge in [0, 0.05) is 39.7 Å². The Morgan fingerprint density at radius 2 is 1.71 bits per heavy atom. The van der Waals surface area contributed by atoms with Gasteiger partial charge in [-0.2, -0.15) is 9.98 Å². The fourth-order valence-electron chi connectivity index (χ4n) is 3.18. The first-order chi connectivity index (χ1) is 19.6. The highest BCUT2D eigenvalue weighted by molar-refractivity contribution is 7.92. The molecule has 1 aromatic heterocycles. The van der Waals surface area contributed by atoms with Gasteiger partial charge in [-0.25, -0.2) is 17.4 Å². The lowest BCUT2D eigenvalue weighted by Gasteiger charge is -2.14. The number of fused-ring (bicyclic) bond motifs is 1. The second-order valence-corrected chi connectivity index (χ2v) is 12.9. The molecule has 0 bridgehead atoms. The fourth-order valence-corrected chi connectivity index (χ4v) is 7.14. The van der Waals surface area contributed by atoms with Crippen LogP contribution >= 0.6 is 18.9 Å². The van der Waals surface area contributed by atoms with Gasteiger partial charge in [0.2, 0.25) is 0 Å². The van der Waals surface area contributed by atoms with E-state index in [0.717, 1.165) is 29.5 Å². The summed E-state index contributed by atoms with van der Waals surface area (Å²) in [5.74, 6) is -0.704. The number of nitriles is 1. The lowest BCUT2D eigenvalue weighted by atomic mass is 10.2. The molecule has 0 fully saturated rings. The SMILES string of the molecule is N#Cc1ccc(OP(=O)(O)CNS(=O)(=O)c2cc3cc(OCCCN=[N+]=[N-])c(OCCCN=[N+]=[N-])cc3s2)cc1F. The first kappa shape index (κ1) is 31.5. The highest BCUT2D eigenvalue weighted by Gasteiger charge is 2.27. The van der Waals surface area contributed by atoms with Crippen molar-refractivity contribution in [1.29, 1.82) is 5.26 Å². The average Bonchev–Trinajstić information content (AvgIpc) is 3.36. The smallest absolute Gasteiger partial charge is 0.391 e. The van der Waals surface area contributed by atoms with Crippen LogP contribution in [0.4, 0.5) is 4.39 Å². The van der Waals surface area contributed by atoms with Crippen molar-refractivity contribution < 1.29 is 36.3 Å². The van der Waals surface area contributed by atoms with Crippen LogP contribution in [-0.4, -0.2) is 45.9 Å². The van der Waals surface area contributed by atoms with Crippen molar-refractivity contribution in [2.24, 2.45) is 10.2 Å². The number of thiophene rings is 1. The minimum Gasteiger partial charge on any atom is -0.490 e. The molecule has 3 rings (SSSR count). The van der Waals surface area contributed by atoms with Crippen LogP contribution in [0, 0.1) is 17.1 Å². The molecule has 0 saturated carbocycles. The van der Waals surface area contributed by atoms with Crippen LogP contribution in [0.25, 0.3) is 31.0 Å². The minimum atomic E-state index is -4.60. The Bertz CT molecular complexity index is 1640. The summed E-state index contributed by atoms with van der Waals surface area (Å²) in [5.41, 5.74) is 16.5. The van der Waals surface area contributed by atoms with Crippen molar-refractivity contribution in [2.75, 3.05) is 32.6 Å². The summed E-state index contributed by atoms with van der Waals surface area (Å²) in [6.45, 7) is 0.802. The number of nitrogens with one attached hydrogen (secondary N) is 1. The van der Waals surface area contributed by atoms with Gasteiger partial charge in [0.1, 0.15) is 28.1 Å². The molecular weight excluding hydrogens is 602 g/mol. The van der Waals surface area contributed by atoms with Crippen LogP contribution in [0.1, 0.15) is 18.4 Å². The molecule has 216 valence electrons. The minimum absolute atomic E-state index is 0.174. The standard InChI is InChI=1S/C22H22FN8O7PS2/c23-18-11-17(4-3-15(18)13-24)38-39(32,33)14-29-41(34,35)22-10-16-9-19(36-7-1-5-27-30-25)20(12-21(16)40-22)37-8-2-6-28-31-26/h3-4,9-12,29H,1-2,5-8,14H2,(H,32,33). The number of rotatable bonds is 16. The second kappa shape index (κ2) is 14.5. The van der Waals surface area contributed by atoms with Gasteiger partial charge < -0.3 is 18.9 Å². The molecule has 41 heavy (non-hydrogen) atoms. The Balaban J connectivity index is 1.76. The van der Waals surface area contributed by atoms with Crippen LogP contribution in [0.15, 0.2) is 50.8 Å². The van der Waals surface area contributed by atoms with Crippen LogP contribution in [0.5, 0.6) is 17.2 Å². The van der Waals surface area contributed by atoms with E-state index in [-0.39, 0.29) is 41.8 Å². The van der Waals surface area contributed by atoms with E-state index in [0.29, 0.717) is 34.4 Å². The third-order valence-electron chi connectivity index (χ3n) is 5.03. The van der Waals surface area contributed by atoms with Gasteiger partial charge in [-0.3, -0.25) is 0 Å². The molecule has 1 atom stereocenters. The summed E-state index contributed by atoms with van der Waals surface area (Å²) in [6.07, 6.45) is -0.168. The van der Waals surface area contributed by atoms with Gasteiger partial charge in [0.05, 0.1) is 18.8 Å². The van der Waals surface area contributed by atoms with Gasteiger partial charge in [-0.05, 0) is 53.6 Å². The molecule has 0 aliphatic rings. The third-order valence-corrected chi connectivity index (χ3v) is 9.28. The quantitative estimate of drug-likeness (QED) is 0.0670. The zero-order valence-electron chi connectivity index (χ0n) is 21.1. The molecule has 2 N–H and O–H groups in total. The van der Waals surface area contributed by atoms with Gasteiger partial charge in [-0.15, -0.1) is 11.3 Å². The van der Waals surface area contributed by atoms with E-state index in [1.807, 2.05) is 4.72 Å². The number of sulfonamides is 1. The maximum atomic E-state index is 13.8. The number of nitrogens with zero attached hydrogens (tertiary/aromatic N) is 7. The zero-order chi connectivity index (χ0) is 29.9. The Labute approximate surface area is 236 Å². The molecule has 2 aromatic carbocycles. The largest absolute Gasteiger partial charge is 0.490 e. The molecule has 0 radical (unpaired) electrons. The number of hydrogen-bond donors (Lipinski definition) is 2. The highest BCUT2D eigenvalue weighted by Crippen LogP contribution is 2.43. The Hall–Kier alpha value is -4.06. The maximum Gasteiger partial charge on any atom is 0.391 e. The molecule has 0 amide bonds.